The average molecular weight is 336 g/mol. The molecule has 0 aliphatic heterocycles. The Hall–Kier alpha value is -1.49. The SMILES string of the molecule is C[C@H](O)[C@@H](O)P(=O)(OCc1ccccc1)OCc1ccccc1. The Bertz CT molecular complexity index is 582. The molecule has 2 aromatic carbocycles. The number of aliphatic hydroxyl groups excluding tert-OH is 2. The van der Waals surface area contributed by atoms with Gasteiger partial charge in [-0.25, -0.2) is 0 Å². The van der Waals surface area contributed by atoms with E-state index in [0.717, 1.165) is 11.1 Å². The van der Waals surface area contributed by atoms with Gasteiger partial charge in [-0.3, -0.25) is 4.57 Å². The van der Waals surface area contributed by atoms with Crippen molar-refractivity contribution < 1.29 is 23.8 Å². The van der Waals surface area contributed by atoms with Crippen LogP contribution in [0, 0.1) is 0 Å². The van der Waals surface area contributed by atoms with Crippen LogP contribution in [0.2, 0.25) is 0 Å². The van der Waals surface area contributed by atoms with Gasteiger partial charge >= 0.3 is 7.60 Å². The predicted molar refractivity (Wildman–Crippen MR) is 87.8 cm³/mol. The number of hydrogen-bond acceptors (Lipinski definition) is 5. The van der Waals surface area contributed by atoms with E-state index in [0.29, 0.717) is 0 Å². The molecule has 23 heavy (non-hydrogen) atoms. The lowest BCUT2D eigenvalue weighted by Gasteiger charge is -2.25. The van der Waals surface area contributed by atoms with Crippen LogP contribution in [0.25, 0.3) is 0 Å². The Morgan fingerprint density at radius 2 is 1.26 bits per heavy atom. The summed E-state index contributed by atoms with van der Waals surface area (Å²) in [6.45, 7) is 1.39. The van der Waals surface area contributed by atoms with Gasteiger partial charge in [0.15, 0.2) is 5.85 Å². The van der Waals surface area contributed by atoms with Crippen molar-refractivity contribution >= 4 is 7.60 Å². The average Bonchev–Trinajstić information content (AvgIpc) is 2.59. The minimum absolute atomic E-state index is 0.0245. The highest BCUT2D eigenvalue weighted by Gasteiger charge is 2.38. The molecule has 2 N–H and O–H groups in total. The van der Waals surface area contributed by atoms with Crippen molar-refractivity contribution in [2.75, 3.05) is 0 Å². The van der Waals surface area contributed by atoms with Crippen LogP contribution in [0.1, 0.15) is 18.1 Å². The Labute approximate surface area is 136 Å². The largest absolute Gasteiger partial charge is 0.390 e. The second-order valence-electron chi connectivity index (χ2n) is 5.21. The molecule has 2 atom stereocenters. The summed E-state index contributed by atoms with van der Waals surface area (Å²) in [5, 5.41) is 19.6. The van der Waals surface area contributed by atoms with Crippen LogP contribution in [0.3, 0.4) is 0 Å². The molecule has 5 nitrogen and oxygen atoms in total. The molecule has 2 aromatic rings. The summed E-state index contributed by atoms with van der Waals surface area (Å²) in [5.41, 5.74) is 1.60. The Kier molecular flexibility index (Phi) is 6.51. The maximum Gasteiger partial charge on any atom is 0.362 e. The summed E-state index contributed by atoms with van der Waals surface area (Å²) in [6.07, 6.45) is -1.23. The van der Waals surface area contributed by atoms with Crippen LogP contribution >= 0.6 is 7.60 Å². The first-order chi connectivity index (χ1) is 11.0. The van der Waals surface area contributed by atoms with Crippen molar-refractivity contribution in [2.45, 2.75) is 32.1 Å². The summed E-state index contributed by atoms with van der Waals surface area (Å²) in [5.74, 6) is -1.60. The summed E-state index contributed by atoms with van der Waals surface area (Å²) < 4.78 is 23.6. The molecule has 2 rings (SSSR count). The quantitative estimate of drug-likeness (QED) is 0.723. The third-order valence-electron chi connectivity index (χ3n) is 3.26. The molecule has 0 unspecified atom stereocenters. The molecule has 0 amide bonds. The molecular weight excluding hydrogens is 315 g/mol. The molecule has 0 aromatic heterocycles. The van der Waals surface area contributed by atoms with Crippen LogP contribution < -0.4 is 0 Å². The zero-order valence-electron chi connectivity index (χ0n) is 12.9. The van der Waals surface area contributed by atoms with Crippen molar-refractivity contribution in [1.29, 1.82) is 0 Å². The van der Waals surface area contributed by atoms with E-state index in [-0.39, 0.29) is 13.2 Å². The lowest BCUT2D eigenvalue weighted by atomic mass is 10.2. The number of aliphatic hydroxyl groups is 2. The van der Waals surface area contributed by atoms with Crippen molar-refractivity contribution in [3.05, 3.63) is 71.8 Å². The van der Waals surface area contributed by atoms with E-state index in [1.807, 2.05) is 60.7 Å². The molecule has 0 aliphatic rings. The summed E-state index contributed by atoms with van der Waals surface area (Å²) in [6, 6.07) is 18.3. The van der Waals surface area contributed by atoms with Crippen LogP contribution in [0.5, 0.6) is 0 Å². The maximum atomic E-state index is 12.8. The fourth-order valence-electron chi connectivity index (χ4n) is 1.93. The van der Waals surface area contributed by atoms with Crippen LogP contribution in [0.15, 0.2) is 60.7 Å². The lowest BCUT2D eigenvalue weighted by Crippen LogP contribution is -2.24. The minimum Gasteiger partial charge on any atom is -0.390 e. The van der Waals surface area contributed by atoms with Gasteiger partial charge in [0, 0.05) is 0 Å². The van der Waals surface area contributed by atoms with E-state index in [9.17, 15) is 14.8 Å². The minimum atomic E-state index is -3.89. The molecule has 0 radical (unpaired) electrons. The van der Waals surface area contributed by atoms with E-state index in [2.05, 4.69) is 0 Å². The van der Waals surface area contributed by atoms with Gasteiger partial charge in [-0.05, 0) is 18.1 Å². The smallest absolute Gasteiger partial charge is 0.362 e. The van der Waals surface area contributed by atoms with Gasteiger partial charge in [-0.2, -0.15) is 0 Å². The molecule has 0 saturated carbocycles. The first kappa shape index (κ1) is 17.9. The predicted octanol–water partition coefficient (Wildman–Crippen LogP) is 3.31. The summed E-state index contributed by atoms with van der Waals surface area (Å²) in [7, 11) is -3.89. The topological polar surface area (TPSA) is 76.0 Å². The zero-order valence-corrected chi connectivity index (χ0v) is 13.8. The van der Waals surface area contributed by atoms with Gasteiger partial charge in [0.2, 0.25) is 0 Å². The van der Waals surface area contributed by atoms with Crippen molar-refractivity contribution in [3.63, 3.8) is 0 Å². The van der Waals surface area contributed by atoms with Crippen LogP contribution in [-0.4, -0.2) is 22.2 Å². The van der Waals surface area contributed by atoms with E-state index in [4.69, 9.17) is 9.05 Å². The zero-order chi connectivity index (χ0) is 16.7. The van der Waals surface area contributed by atoms with Crippen molar-refractivity contribution in [2.24, 2.45) is 0 Å². The fourth-order valence-corrected chi connectivity index (χ4v) is 3.50. The Morgan fingerprint density at radius 1 is 0.870 bits per heavy atom. The normalized spacial score (nSPS) is 14.4. The van der Waals surface area contributed by atoms with E-state index < -0.39 is 19.5 Å². The molecule has 6 heteroatoms. The number of benzene rings is 2. The van der Waals surface area contributed by atoms with Crippen molar-refractivity contribution in [3.8, 4) is 0 Å². The molecular formula is C17H21O5P. The third-order valence-corrected chi connectivity index (χ3v) is 5.32. The van der Waals surface area contributed by atoms with Gasteiger partial charge < -0.3 is 19.3 Å². The van der Waals surface area contributed by atoms with Gasteiger partial charge in [0.25, 0.3) is 0 Å². The van der Waals surface area contributed by atoms with Crippen LogP contribution in [-0.2, 0) is 26.8 Å². The van der Waals surface area contributed by atoms with E-state index in [1.165, 1.54) is 6.92 Å². The molecule has 0 saturated heterocycles. The van der Waals surface area contributed by atoms with Crippen molar-refractivity contribution in [1.82, 2.24) is 0 Å². The highest BCUT2D eigenvalue weighted by molar-refractivity contribution is 7.54. The van der Waals surface area contributed by atoms with E-state index >= 15 is 0 Å². The van der Waals surface area contributed by atoms with Gasteiger partial charge in [0.1, 0.15) is 0 Å². The standard InChI is InChI=1S/C17H21O5P/c1-14(18)17(19)23(20,21-12-15-8-4-2-5-9-15)22-13-16-10-6-3-7-11-16/h2-11,14,17-19H,12-13H2,1H3/t14-,17-/m0/s1. The lowest BCUT2D eigenvalue weighted by molar-refractivity contribution is 0.0469. The Balaban J connectivity index is 2.07. The Morgan fingerprint density at radius 3 is 1.61 bits per heavy atom. The number of hydrogen-bond donors (Lipinski definition) is 2. The summed E-state index contributed by atoms with van der Waals surface area (Å²) >= 11 is 0. The van der Waals surface area contributed by atoms with Gasteiger partial charge in [-0.1, -0.05) is 60.7 Å². The molecule has 0 fully saturated rings. The highest BCUT2D eigenvalue weighted by atomic mass is 31.2. The summed E-state index contributed by atoms with van der Waals surface area (Å²) in [4.78, 5) is 0. The third kappa shape index (κ3) is 5.27. The highest BCUT2D eigenvalue weighted by Crippen LogP contribution is 2.54. The maximum absolute atomic E-state index is 12.8. The van der Waals surface area contributed by atoms with E-state index in [1.54, 1.807) is 0 Å². The van der Waals surface area contributed by atoms with Gasteiger partial charge in [-0.15, -0.1) is 0 Å². The molecule has 0 spiro atoms. The van der Waals surface area contributed by atoms with Gasteiger partial charge in [0.05, 0.1) is 19.3 Å². The molecule has 124 valence electrons. The number of rotatable bonds is 8. The second-order valence-corrected chi connectivity index (χ2v) is 7.34. The molecule has 0 heterocycles. The molecule has 0 bridgehead atoms. The molecule has 0 aliphatic carbocycles. The monoisotopic (exact) mass is 336 g/mol. The first-order valence-electron chi connectivity index (χ1n) is 7.34. The second kappa shape index (κ2) is 8.39. The first-order valence-corrected chi connectivity index (χ1v) is 8.95. The van der Waals surface area contributed by atoms with Crippen LogP contribution in [0.4, 0.5) is 0 Å². The fraction of sp³-hybridized carbons (Fsp3) is 0.294.